The van der Waals surface area contributed by atoms with Crippen LogP contribution in [0.4, 0.5) is 30.6 Å². The molecule has 5 N–H and O–H groups in total. The summed E-state index contributed by atoms with van der Waals surface area (Å²) in [6.07, 6.45) is 1.18. The third-order valence-corrected chi connectivity index (χ3v) is 8.65. The number of urea groups is 2. The van der Waals surface area contributed by atoms with E-state index in [9.17, 15) is 33.6 Å². The van der Waals surface area contributed by atoms with Crippen molar-refractivity contribution in [2.75, 3.05) is 83.3 Å². The van der Waals surface area contributed by atoms with Crippen LogP contribution < -0.4 is 31.5 Å². The Balaban J connectivity index is 1.42. The number of alkyl carbamates (subject to hydrolysis) is 2. The molecule has 0 radical (unpaired) electrons. The maximum absolute atomic E-state index is 13.8. The molecule has 0 bridgehead atoms. The van der Waals surface area contributed by atoms with E-state index in [1.807, 2.05) is 6.07 Å². The zero-order valence-electron chi connectivity index (χ0n) is 29.4. The van der Waals surface area contributed by atoms with E-state index in [1.54, 1.807) is 47.4 Å². The Morgan fingerprint density at radius 1 is 0.673 bits per heavy atom. The van der Waals surface area contributed by atoms with Crippen molar-refractivity contribution in [3.05, 3.63) is 59.7 Å². The van der Waals surface area contributed by atoms with Crippen LogP contribution in [0.25, 0.3) is 0 Å². The average Bonchev–Trinajstić information content (AvgIpc) is 3.57. The van der Waals surface area contributed by atoms with Gasteiger partial charge in [0.2, 0.25) is 5.78 Å². The number of carbonyl (C=O) groups is 7. The van der Waals surface area contributed by atoms with Crippen molar-refractivity contribution in [2.45, 2.75) is 31.6 Å². The minimum Gasteiger partial charge on any atom is -0.453 e. The lowest BCUT2D eigenvalue weighted by Crippen LogP contribution is -2.53. The van der Waals surface area contributed by atoms with E-state index in [4.69, 9.17) is 0 Å². The molecule has 280 valence electrons. The zero-order chi connectivity index (χ0) is 37.5. The van der Waals surface area contributed by atoms with Gasteiger partial charge in [0.25, 0.3) is 11.8 Å². The molecule has 0 saturated carbocycles. The second-order valence-corrected chi connectivity index (χ2v) is 12.1. The van der Waals surface area contributed by atoms with Crippen LogP contribution in [0, 0.1) is 0 Å². The molecule has 17 nitrogen and oxygen atoms in total. The van der Waals surface area contributed by atoms with E-state index in [0.29, 0.717) is 62.1 Å². The molecule has 2 heterocycles. The number of piperazine rings is 1. The van der Waals surface area contributed by atoms with Gasteiger partial charge in [0.15, 0.2) is 0 Å². The van der Waals surface area contributed by atoms with Gasteiger partial charge in [-0.15, -0.1) is 0 Å². The summed E-state index contributed by atoms with van der Waals surface area (Å²) in [5, 5.41) is 13.5. The Hall–Kier alpha value is -5.87. The summed E-state index contributed by atoms with van der Waals surface area (Å²) < 4.78 is 9.08. The SMILES string of the molecule is COC(=O)NCCCCNC(=O)Nc1cccc2c1N(C(=O)NCCCCNC(=O)OC)CC2C(=O)C(=O)N1CCN(C(=O)c2ccccc2)CC1. The van der Waals surface area contributed by atoms with Crippen molar-refractivity contribution in [3.63, 3.8) is 0 Å². The average molecular weight is 723 g/mol. The van der Waals surface area contributed by atoms with Crippen LogP contribution in [-0.4, -0.2) is 125 Å². The lowest BCUT2D eigenvalue weighted by Gasteiger charge is -2.34. The van der Waals surface area contributed by atoms with Crippen LogP contribution in [0.5, 0.6) is 0 Å². The second-order valence-electron chi connectivity index (χ2n) is 12.1. The highest BCUT2D eigenvalue weighted by atomic mass is 16.5. The zero-order valence-corrected chi connectivity index (χ0v) is 29.4. The van der Waals surface area contributed by atoms with E-state index >= 15 is 0 Å². The first-order valence-electron chi connectivity index (χ1n) is 17.2. The predicted molar refractivity (Wildman–Crippen MR) is 190 cm³/mol. The van der Waals surface area contributed by atoms with Gasteiger partial charge in [-0.1, -0.05) is 30.3 Å². The molecule has 1 fully saturated rings. The number of methoxy groups -OCH3 is 2. The number of hydrogen-bond donors (Lipinski definition) is 5. The molecule has 17 heteroatoms. The first-order chi connectivity index (χ1) is 25.1. The number of rotatable bonds is 14. The smallest absolute Gasteiger partial charge is 0.406 e. The lowest BCUT2D eigenvalue weighted by atomic mass is 9.95. The number of benzene rings is 2. The van der Waals surface area contributed by atoms with Crippen LogP contribution in [0.1, 0.15) is 47.5 Å². The Bertz CT molecular complexity index is 1600. The molecule has 1 unspecified atom stereocenters. The fourth-order valence-electron chi connectivity index (χ4n) is 5.89. The third kappa shape index (κ3) is 10.6. The van der Waals surface area contributed by atoms with Gasteiger partial charge in [-0.05, 0) is 49.4 Å². The number of ether oxygens (including phenoxy) is 2. The van der Waals surface area contributed by atoms with E-state index in [2.05, 4.69) is 36.1 Å². The van der Waals surface area contributed by atoms with Crippen LogP contribution in [0.2, 0.25) is 0 Å². The lowest BCUT2D eigenvalue weighted by molar-refractivity contribution is -0.146. The van der Waals surface area contributed by atoms with Crippen LogP contribution >= 0.6 is 0 Å². The van der Waals surface area contributed by atoms with E-state index < -0.39 is 41.9 Å². The van der Waals surface area contributed by atoms with E-state index in [-0.39, 0.29) is 50.9 Å². The Morgan fingerprint density at radius 3 is 1.83 bits per heavy atom. The van der Waals surface area contributed by atoms with E-state index in [1.165, 1.54) is 24.0 Å². The second kappa shape index (κ2) is 19.5. The summed E-state index contributed by atoms with van der Waals surface area (Å²) in [6, 6.07) is 12.7. The van der Waals surface area contributed by atoms with Crippen molar-refractivity contribution in [1.29, 1.82) is 0 Å². The molecule has 2 aliphatic heterocycles. The number of para-hydroxylation sites is 1. The Kier molecular flexibility index (Phi) is 14.6. The number of fused-ring (bicyclic) bond motifs is 1. The number of amides is 8. The fraction of sp³-hybridized carbons (Fsp3) is 0.457. The van der Waals surface area contributed by atoms with Gasteiger partial charge in [-0.3, -0.25) is 19.3 Å². The Morgan fingerprint density at radius 2 is 1.23 bits per heavy atom. The molecule has 0 aromatic heterocycles. The van der Waals surface area contributed by atoms with Gasteiger partial charge < -0.3 is 45.9 Å². The maximum Gasteiger partial charge on any atom is 0.406 e. The minimum atomic E-state index is -0.992. The van der Waals surface area contributed by atoms with Gasteiger partial charge in [-0.25, -0.2) is 19.2 Å². The summed E-state index contributed by atoms with van der Waals surface area (Å²) >= 11 is 0. The van der Waals surface area contributed by atoms with Crippen molar-refractivity contribution in [3.8, 4) is 0 Å². The van der Waals surface area contributed by atoms with Crippen LogP contribution in [0.3, 0.4) is 0 Å². The molecule has 2 aromatic rings. The number of unbranched alkanes of at least 4 members (excludes halogenated alkanes) is 2. The van der Waals surface area contributed by atoms with Crippen LogP contribution in [0.15, 0.2) is 48.5 Å². The predicted octanol–water partition coefficient (Wildman–Crippen LogP) is 2.25. The topological polar surface area (TPSA) is 208 Å². The number of ketones is 1. The number of hydrogen-bond acceptors (Lipinski definition) is 9. The molecule has 0 aliphatic carbocycles. The van der Waals surface area contributed by atoms with Crippen molar-refractivity contribution < 1.29 is 43.0 Å². The number of carbonyl (C=O) groups excluding carboxylic acids is 7. The highest BCUT2D eigenvalue weighted by Gasteiger charge is 2.42. The molecular formula is C35H46N8O9. The molecule has 2 aliphatic rings. The number of Topliss-reactive ketones (excluding diaryl/α,β-unsaturated/α-hetero) is 1. The molecular weight excluding hydrogens is 676 g/mol. The first kappa shape index (κ1) is 38.9. The first-order valence-corrected chi connectivity index (χ1v) is 17.2. The third-order valence-electron chi connectivity index (χ3n) is 8.65. The largest absolute Gasteiger partial charge is 0.453 e. The summed E-state index contributed by atoms with van der Waals surface area (Å²) in [7, 11) is 2.54. The normalized spacial score (nSPS) is 14.8. The number of nitrogens with zero attached hydrogens (tertiary/aromatic N) is 3. The molecule has 1 atom stereocenters. The molecule has 2 aromatic carbocycles. The highest BCUT2D eigenvalue weighted by Crippen LogP contribution is 2.42. The van der Waals surface area contributed by atoms with Gasteiger partial charge in [-0.2, -0.15) is 0 Å². The maximum atomic E-state index is 13.8. The summed E-state index contributed by atoms with van der Waals surface area (Å²) in [4.78, 5) is 93.7. The standard InChI is InChI=1S/C35H46N8O9/c1-51-34(49)38-17-8-6-15-36-32(47)40-27-14-10-13-25-26(23-43(28(25)27)33(48)37-16-7-9-18-39-35(50)52-2)29(44)31(46)42-21-19-41(20-22-42)30(45)24-11-4-3-5-12-24/h3-5,10-14,26H,6-9,15-23H2,1-2H3,(H,37,48)(H,38,49)(H,39,50)(H2,36,40,47). The van der Waals surface area contributed by atoms with Gasteiger partial charge >= 0.3 is 24.2 Å². The van der Waals surface area contributed by atoms with Gasteiger partial charge in [0.05, 0.1) is 31.5 Å². The van der Waals surface area contributed by atoms with Crippen molar-refractivity contribution in [2.24, 2.45) is 0 Å². The molecule has 52 heavy (non-hydrogen) atoms. The summed E-state index contributed by atoms with van der Waals surface area (Å²) in [5.41, 5.74) is 1.54. The summed E-state index contributed by atoms with van der Waals surface area (Å²) in [5.74, 6) is -2.55. The Labute approximate surface area is 301 Å². The van der Waals surface area contributed by atoms with Crippen molar-refractivity contribution in [1.82, 2.24) is 31.1 Å². The monoisotopic (exact) mass is 722 g/mol. The molecule has 1 saturated heterocycles. The van der Waals surface area contributed by atoms with Gasteiger partial charge in [0.1, 0.15) is 0 Å². The number of anilines is 2. The quantitative estimate of drug-likeness (QED) is 0.143. The summed E-state index contributed by atoms with van der Waals surface area (Å²) in [6.45, 7) is 2.06. The molecule has 8 amide bonds. The minimum absolute atomic E-state index is 0.129. The molecule has 4 rings (SSSR count). The molecule has 0 spiro atoms. The number of nitrogens with one attached hydrogen (secondary N) is 5. The van der Waals surface area contributed by atoms with Gasteiger partial charge in [0, 0.05) is 64.5 Å². The highest BCUT2D eigenvalue weighted by molar-refractivity contribution is 6.39. The fourth-order valence-corrected chi connectivity index (χ4v) is 5.89. The van der Waals surface area contributed by atoms with E-state index in [0.717, 1.165) is 0 Å². The van der Waals surface area contributed by atoms with Crippen molar-refractivity contribution >= 4 is 53.2 Å². The van der Waals surface area contributed by atoms with Crippen LogP contribution in [-0.2, 0) is 19.1 Å².